The Balaban J connectivity index is 1.56. The summed E-state index contributed by atoms with van der Waals surface area (Å²) >= 11 is 0. The van der Waals surface area contributed by atoms with E-state index < -0.39 is 16.6 Å². The molecule has 2 unspecified atom stereocenters. The van der Waals surface area contributed by atoms with Gasteiger partial charge in [0.25, 0.3) is 0 Å². The van der Waals surface area contributed by atoms with Crippen LogP contribution in [0, 0.1) is 5.82 Å². The third kappa shape index (κ3) is 4.65. The lowest BCUT2D eigenvalue weighted by Gasteiger charge is -2.29. The predicted molar refractivity (Wildman–Crippen MR) is 140 cm³/mol. The van der Waals surface area contributed by atoms with Crippen molar-refractivity contribution in [1.82, 2.24) is 19.7 Å². The highest BCUT2D eigenvalue weighted by Gasteiger charge is 2.24. The molecule has 2 aliphatic heterocycles. The second kappa shape index (κ2) is 10.3. The van der Waals surface area contributed by atoms with E-state index in [1.165, 1.54) is 6.07 Å². The van der Waals surface area contributed by atoms with Crippen molar-refractivity contribution >= 4 is 27.5 Å². The summed E-state index contributed by atoms with van der Waals surface area (Å²) in [6, 6.07) is 10.5. The molecule has 0 amide bonds. The molecule has 2 atom stereocenters. The lowest BCUT2D eigenvalue weighted by Crippen LogP contribution is -2.36. The fraction of sp³-hybridized carbons (Fsp3) is 0.370. The Hall–Kier alpha value is -3.21. The Morgan fingerprint density at radius 2 is 1.89 bits per heavy atom. The van der Waals surface area contributed by atoms with Gasteiger partial charge in [0.1, 0.15) is 22.8 Å². The van der Waals surface area contributed by atoms with Crippen LogP contribution in [0.3, 0.4) is 0 Å². The zero-order valence-corrected chi connectivity index (χ0v) is 21.4. The number of rotatable bonds is 5. The van der Waals surface area contributed by atoms with Gasteiger partial charge in [-0.05, 0) is 55.2 Å². The zero-order valence-electron chi connectivity index (χ0n) is 20.6. The first kappa shape index (κ1) is 24.1. The van der Waals surface area contributed by atoms with E-state index in [-0.39, 0.29) is 6.23 Å². The summed E-state index contributed by atoms with van der Waals surface area (Å²) in [6.45, 7) is 3.29. The maximum Gasteiger partial charge on any atom is 0.150 e. The van der Waals surface area contributed by atoms with Gasteiger partial charge in [-0.15, -0.1) is 0 Å². The van der Waals surface area contributed by atoms with Gasteiger partial charge in [-0.1, -0.05) is 6.07 Å². The second-order valence-corrected chi connectivity index (χ2v) is 10.6. The summed E-state index contributed by atoms with van der Waals surface area (Å²) < 4.78 is 40.8. The average Bonchev–Trinajstić information content (AvgIpc) is 3.43. The average molecular weight is 522 g/mol. The minimum absolute atomic E-state index is 0.155. The molecule has 0 radical (unpaired) electrons. The second-order valence-electron chi connectivity index (χ2n) is 9.26. The molecule has 0 saturated carbocycles. The van der Waals surface area contributed by atoms with E-state index in [9.17, 15) is 4.21 Å². The number of hydrogen-bond acceptors (Lipinski definition) is 7. The van der Waals surface area contributed by atoms with Gasteiger partial charge in [-0.3, -0.25) is 9.19 Å². The van der Waals surface area contributed by atoms with Crippen LogP contribution in [0.4, 0.5) is 10.2 Å². The molecule has 2 fully saturated rings. The molecule has 6 rings (SSSR count). The Kier molecular flexibility index (Phi) is 6.71. The molecule has 4 aromatic rings. The van der Waals surface area contributed by atoms with E-state index >= 15 is 4.39 Å². The lowest BCUT2D eigenvalue weighted by atomic mass is 9.99. The largest absolute Gasteiger partial charge is 0.378 e. The summed E-state index contributed by atoms with van der Waals surface area (Å²) in [5.74, 6) is 0.315. The van der Waals surface area contributed by atoms with Gasteiger partial charge in [0, 0.05) is 65.0 Å². The fourth-order valence-corrected chi connectivity index (χ4v) is 5.57. The number of aromatic nitrogens is 4. The quantitative estimate of drug-likeness (QED) is 0.380. The van der Waals surface area contributed by atoms with E-state index in [4.69, 9.17) is 19.4 Å². The Bertz CT molecular complexity index is 1460. The van der Waals surface area contributed by atoms with Crippen molar-refractivity contribution in [3.63, 3.8) is 0 Å². The van der Waals surface area contributed by atoms with Crippen LogP contribution in [0.15, 0.2) is 53.7 Å². The molecule has 10 heteroatoms. The molecule has 2 aliphatic rings. The van der Waals surface area contributed by atoms with Crippen LogP contribution in [0.5, 0.6) is 0 Å². The molecule has 0 spiro atoms. The summed E-state index contributed by atoms with van der Waals surface area (Å²) in [5, 5.41) is 5.35. The normalized spacial score (nSPS) is 19.3. The lowest BCUT2D eigenvalue weighted by molar-refractivity contribution is -0.0383. The van der Waals surface area contributed by atoms with E-state index in [0.29, 0.717) is 60.1 Å². The number of morpholine rings is 1. The van der Waals surface area contributed by atoms with E-state index in [1.807, 2.05) is 22.9 Å². The summed E-state index contributed by atoms with van der Waals surface area (Å²) in [6.07, 6.45) is 7.88. The SMILES string of the molecule is CS(=O)c1ccc(-c2cc(N3CCOCC3)nc3c(-c4ccnn4C4CCCCO4)nccc23)c(F)c1. The fourth-order valence-electron chi connectivity index (χ4n) is 5.04. The summed E-state index contributed by atoms with van der Waals surface area (Å²) in [4.78, 5) is 12.4. The third-order valence-corrected chi connectivity index (χ3v) is 7.87. The molecule has 192 valence electrons. The smallest absolute Gasteiger partial charge is 0.150 e. The van der Waals surface area contributed by atoms with Crippen LogP contribution < -0.4 is 4.90 Å². The van der Waals surface area contributed by atoms with Crippen LogP contribution in [0.25, 0.3) is 33.4 Å². The standard InChI is InChI=1S/C27H28FN5O3S/c1-37(34)18-5-6-19(22(28)16-18)21-17-24(32-11-14-35-15-12-32)31-26-20(21)7-9-29-27(26)23-8-10-30-33(23)25-4-2-3-13-36-25/h5-10,16-17,25H,2-4,11-15H2,1H3. The number of nitrogens with zero attached hydrogens (tertiary/aromatic N) is 5. The molecule has 5 heterocycles. The molecule has 2 saturated heterocycles. The van der Waals surface area contributed by atoms with Crippen LogP contribution in [0.2, 0.25) is 0 Å². The van der Waals surface area contributed by atoms with Crippen molar-refractivity contribution in [2.75, 3.05) is 44.1 Å². The van der Waals surface area contributed by atoms with Gasteiger partial charge in [0.2, 0.25) is 0 Å². The van der Waals surface area contributed by atoms with Crippen molar-refractivity contribution < 1.29 is 18.1 Å². The van der Waals surface area contributed by atoms with Crippen molar-refractivity contribution in [2.24, 2.45) is 0 Å². The zero-order chi connectivity index (χ0) is 25.4. The van der Waals surface area contributed by atoms with Crippen molar-refractivity contribution in [2.45, 2.75) is 30.4 Å². The van der Waals surface area contributed by atoms with E-state index in [0.717, 1.165) is 36.2 Å². The Morgan fingerprint density at radius 3 is 2.65 bits per heavy atom. The number of benzene rings is 1. The van der Waals surface area contributed by atoms with Crippen molar-refractivity contribution in [1.29, 1.82) is 0 Å². The number of pyridine rings is 2. The number of ether oxygens (including phenoxy) is 2. The third-order valence-electron chi connectivity index (χ3n) is 6.95. The minimum atomic E-state index is -1.27. The maximum atomic E-state index is 15.4. The Morgan fingerprint density at radius 1 is 1.03 bits per heavy atom. The Labute approximate surface area is 216 Å². The molecule has 8 nitrogen and oxygen atoms in total. The van der Waals surface area contributed by atoms with Crippen molar-refractivity contribution in [3.8, 4) is 22.5 Å². The first-order valence-electron chi connectivity index (χ1n) is 12.5. The molecule has 0 bridgehead atoms. The number of anilines is 1. The highest BCUT2D eigenvalue weighted by atomic mass is 32.2. The van der Waals surface area contributed by atoms with Crippen molar-refractivity contribution in [3.05, 3.63) is 54.6 Å². The highest BCUT2D eigenvalue weighted by Crippen LogP contribution is 2.38. The molecule has 0 N–H and O–H groups in total. The molecular weight excluding hydrogens is 493 g/mol. The monoisotopic (exact) mass is 521 g/mol. The van der Waals surface area contributed by atoms with Gasteiger partial charge in [0.05, 0.1) is 18.9 Å². The molecular formula is C27H28FN5O3S. The number of halogens is 1. The number of hydrogen-bond donors (Lipinski definition) is 0. The van der Waals surface area contributed by atoms with Gasteiger partial charge >= 0.3 is 0 Å². The summed E-state index contributed by atoms with van der Waals surface area (Å²) in [7, 11) is -1.27. The molecule has 1 aromatic carbocycles. The highest BCUT2D eigenvalue weighted by molar-refractivity contribution is 7.84. The first-order chi connectivity index (χ1) is 18.1. The molecule has 37 heavy (non-hydrogen) atoms. The van der Waals surface area contributed by atoms with E-state index in [1.54, 1.807) is 30.8 Å². The van der Waals surface area contributed by atoms with Gasteiger partial charge < -0.3 is 14.4 Å². The topological polar surface area (TPSA) is 82.4 Å². The number of fused-ring (bicyclic) bond motifs is 1. The van der Waals surface area contributed by atoms with Gasteiger partial charge in [-0.2, -0.15) is 5.10 Å². The minimum Gasteiger partial charge on any atom is -0.378 e. The first-order valence-corrected chi connectivity index (χ1v) is 14.1. The van der Waals surface area contributed by atoms with E-state index in [2.05, 4.69) is 10.00 Å². The van der Waals surface area contributed by atoms with Crippen LogP contribution in [-0.2, 0) is 20.3 Å². The maximum absolute atomic E-state index is 15.4. The van der Waals surface area contributed by atoms with Gasteiger partial charge in [-0.25, -0.2) is 14.1 Å². The predicted octanol–water partition coefficient (Wildman–Crippen LogP) is 4.57. The molecule has 3 aromatic heterocycles. The van der Waals surface area contributed by atoms with Crippen LogP contribution in [0.1, 0.15) is 25.5 Å². The van der Waals surface area contributed by atoms with Crippen LogP contribution >= 0.6 is 0 Å². The van der Waals surface area contributed by atoms with Crippen LogP contribution in [-0.4, -0.2) is 63.1 Å². The molecule has 0 aliphatic carbocycles. The van der Waals surface area contributed by atoms with Gasteiger partial charge in [0.15, 0.2) is 6.23 Å². The summed E-state index contributed by atoms with van der Waals surface area (Å²) in [5.41, 5.74) is 3.29.